The van der Waals surface area contributed by atoms with Crippen molar-refractivity contribution >= 4 is 35.1 Å². The van der Waals surface area contributed by atoms with Crippen LogP contribution in [0.25, 0.3) is 0 Å². The second-order valence-electron chi connectivity index (χ2n) is 8.76. The molecule has 0 bridgehead atoms. The highest BCUT2D eigenvalue weighted by Crippen LogP contribution is 2.36. The van der Waals surface area contributed by atoms with E-state index in [1.807, 2.05) is 26.0 Å². The summed E-state index contributed by atoms with van der Waals surface area (Å²) in [6.45, 7) is 8.33. The van der Waals surface area contributed by atoms with Crippen molar-refractivity contribution in [1.29, 1.82) is 0 Å². The molecule has 0 spiro atoms. The molecule has 1 aromatic heterocycles. The van der Waals surface area contributed by atoms with E-state index in [1.165, 1.54) is 25.7 Å². The van der Waals surface area contributed by atoms with Crippen molar-refractivity contribution in [2.45, 2.75) is 44.6 Å². The Kier molecular flexibility index (Phi) is 7.88. The third kappa shape index (κ3) is 6.06. The van der Waals surface area contributed by atoms with Gasteiger partial charge in [0.05, 0.1) is 5.69 Å². The molecule has 1 saturated heterocycles. The maximum Gasteiger partial charge on any atom is 0.326 e. The molecule has 3 heterocycles. The summed E-state index contributed by atoms with van der Waals surface area (Å²) >= 11 is 1.68. The summed E-state index contributed by atoms with van der Waals surface area (Å²) in [5, 5.41) is 6.88. The molecule has 2 aliphatic heterocycles. The lowest BCUT2D eigenvalue weighted by atomic mass is 10.2. The maximum atomic E-state index is 13.1. The van der Waals surface area contributed by atoms with E-state index in [0.29, 0.717) is 24.3 Å². The normalized spacial score (nSPS) is 16.6. The van der Waals surface area contributed by atoms with Crippen LogP contribution in [0.3, 0.4) is 0 Å². The van der Waals surface area contributed by atoms with E-state index < -0.39 is 0 Å². The first-order valence-corrected chi connectivity index (χ1v) is 12.8. The molecule has 2 aromatic rings. The number of nitrogens with zero attached hydrogens (tertiary/aromatic N) is 3. The number of urea groups is 1. The number of pyridine rings is 1. The van der Waals surface area contributed by atoms with Gasteiger partial charge in [-0.2, -0.15) is 0 Å². The molecule has 0 aliphatic carbocycles. The van der Waals surface area contributed by atoms with Crippen LogP contribution in [-0.2, 0) is 0 Å². The van der Waals surface area contributed by atoms with E-state index in [-0.39, 0.29) is 11.9 Å². The number of aryl methyl sites for hydroxylation is 2. The van der Waals surface area contributed by atoms with Crippen molar-refractivity contribution in [3.05, 3.63) is 47.2 Å². The second kappa shape index (κ2) is 11.0. The summed E-state index contributed by atoms with van der Waals surface area (Å²) in [4.78, 5) is 34.5. The lowest BCUT2D eigenvalue weighted by Gasteiger charge is -2.30. The van der Waals surface area contributed by atoms with E-state index in [1.54, 1.807) is 34.9 Å². The number of hydrogen-bond acceptors (Lipinski definition) is 5. The Labute approximate surface area is 200 Å². The van der Waals surface area contributed by atoms with E-state index in [9.17, 15) is 9.59 Å². The van der Waals surface area contributed by atoms with Gasteiger partial charge in [0.2, 0.25) is 0 Å². The first-order chi connectivity index (χ1) is 16.0. The Balaban J connectivity index is 1.36. The standard InChI is InChI=1S/C25H33N5O2S/c1-18-16-19(2)27-24-22(18)30(14-15-33-24)25(32)28-21-9-7-8-20(17-21)23(31)26-10-13-29-11-5-3-4-6-12-29/h7-9,16-17H,3-6,10-15H2,1-2H3,(H,26,31)(H,28,32). The van der Waals surface area contributed by atoms with Gasteiger partial charge in [0, 0.05) is 42.3 Å². The molecule has 0 saturated carbocycles. The van der Waals surface area contributed by atoms with E-state index >= 15 is 0 Å². The molecule has 3 amide bonds. The fourth-order valence-corrected chi connectivity index (χ4v) is 5.58. The highest BCUT2D eigenvalue weighted by Gasteiger charge is 2.26. The van der Waals surface area contributed by atoms with Gasteiger partial charge in [-0.1, -0.05) is 18.9 Å². The Hall–Kier alpha value is -2.58. The molecule has 7 nitrogen and oxygen atoms in total. The molecule has 4 rings (SSSR count). The van der Waals surface area contributed by atoms with E-state index in [4.69, 9.17) is 0 Å². The van der Waals surface area contributed by atoms with Crippen molar-refractivity contribution in [1.82, 2.24) is 15.2 Å². The summed E-state index contributed by atoms with van der Waals surface area (Å²) in [5.41, 5.74) is 4.02. The van der Waals surface area contributed by atoms with Gasteiger partial charge in [0.15, 0.2) is 0 Å². The average molecular weight is 468 g/mol. The van der Waals surface area contributed by atoms with E-state index in [0.717, 1.165) is 47.4 Å². The number of likely N-dealkylation sites (tertiary alicyclic amines) is 1. The zero-order chi connectivity index (χ0) is 23.2. The molecule has 2 N–H and O–H groups in total. The van der Waals surface area contributed by atoms with Crippen LogP contribution < -0.4 is 15.5 Å². The average Bonchev–Trinajstić information content (AvgIpc) is 3.07. The number of carbonyl (C=O) groups is 2. The van der Waals surface area contributed by atoms with Gasteiger partial charge in [-0.25, -0.2) is 9.78 Å². The number of carbonyl (C=O) groups excluding carboxylic acids is 2. The first-order valence-electron chi connectivity index (χ1n) is 11.8. The first kappa shape index (κ1) is 23.6. The Morgan fingerprint density at radius 1 is 1.06 bits per heavy atom. The van der Waals surface area contributed by atoms with Crippen LogP contribution in [0.4, 0.5) is 16.2 Å². The van der Waals surface area contributed by atoms with Crippen LogP contribution in [0.1, 0.15) is 47.3 Å². The minimum absolute atomic E-state index is 0.115. The zero-order valence-corrected chi connectivity index (χ0v) is 20.3. The van der Waals surface area contributed by atoms with Crippen LogP contribution >= 0.6 is 11.8 Å². The highest BCUT2D eigenvalue weighted by atomic mass is 32.2. The fourth-order valence-electron chi connectivity index (χ4n) is 4.49. The van der Waals surface area contributed by atoms with Gasteiger partial charge in [-0.05, 0) is 69.6 Å². The Morgan fingerprint density at radius 2 is 1.85 bits per heavy atom. The molecule has 1 aromatic carbocycles. The van der Waals surface area contributed by atoms with Crippen molar-refractivity contribution in [2.24, 2.45) is 0 Å². The summed E-state index contributed by atoms with van der Waals surface area (Å²) in [6, 6.07) is 8.92. The minimum atomic E-state index is -0.205. The predicted octanol–water partition coefficient (Wildman–Crippen LogP) is 4.45. The van der Waals surface area contributed by atoms with Gasteiger partial charge >= 0.3 is 6.03 Å². The number of aromatic nitrogens is 1. The van der Waals surface area contributed by atoms with Crippen LogP contribution in [0.2, 0.25) is 0 Å². The summed E-state index contributed by atoms with van der Waals surface area (Å²) in [5.74, 6) is 0.687. The smallest absolute Gasteiger partial charge is 0.326 e. The lowest BCUT2D eigenvalue weighted by molar-refractivity contribution is 0.0948. The molecule has 0 atom stereocenters. The third-order valence-corrected chi connectivity index (χ3v) is 7.08. The lowest BCUT2D eigenvalue weighted by Crippen LogP contribution is -2.39. The quantitative estimate of drug-likeness (QED) is 0.679. The molecule has 0 radical (unpaired) electrons. The molecular weight excluding hydrogens is 434 g/mol. The number of rotatable bonds is 5. The summed E-state index contributed by atoms with van der Waals surface area (Å²) in [7, 11) is 0. The topological polar surface area (TPSA) is 77.6 Å². The van der Waals surface area contributed by atoms with E-state index in [2.05, 4.69) is 20.5 Å². The number of fused-ring (bicyclic) bond motifs is 1. The number of nitrogens with one attached hydrogen (secondary N) is 2. The van der Waals surface area contributed by atoms with Crippen molar-refractivity contribution in [3.63, 3.8) is 0 Å². The van der Waals surface area contributed by atoms with Gasteiger partial charge < -0.3 is 15.5 Å². The maximum absolute atomic E-state index is 13.1. The van der Waals surface area contributed by atoms with Crippen LogP contribution in [0, 0.1) is 13.8 Å². The molecule has 8 heteroatoms. The van der Waals surface area contributed by atoms with Crippen LogP contribution in [0.15, 0.2) is 35.4 Å². The number of hydrogen-bond donors (Lipinski definition) is 2. The number of benzene rings is 1. The molecule has 33 heavy (non-hydrogen) atoms. The van der Waals surface area contributed by atoms with Crippen molar-refractivity contribution < 1.29 is 9.59 Å². The Bertz CT molecular complexity index is 1000. The zero-order valence-electron chi connectivity index (χ0n) is 19.5. The largest absolute Gasteiger partial charge is 0.351 e. The highest BCUT2D eigenvalue weighted by molar-refractivity contribution is 7.99. The van der Waals surface area contributed by atoms with Gasteiger partial charge in [-0.15, -0.1) is 11.8 Å². The van der Waals surface area contributed by atoms with Crippen molar-refractivity contribution in [2.75, 3.05) is 48.7 Å². The molecule has 2 aliphatic rings. The summed E-state index contributed by atoms with van der Waals surface area (Å²) < 4.78 is 0. The Morgan fingerprint density at radius 3 is 2.64 bits per heavy atom. The molecule has 0 unspecified atom stereocenters. The molecule has 176 valence electrons. The SMILES string of the molecule is Cc1cc(C)c2c(n1)SCCN2C(=O)Nc1cccc(C(=O)NCCN2CCCCCC2)c1. The van der Waals surface area contributed by atoms with Gasteiger partial charge in [0.25, 0.3) is 5.91 Å². The fraction of sp³-hybridized carbons (Fsp3) is 0.480. The van der Waals surface area contributed by atoms with Gasteiger partial charge in [0.1, 0.15) is 5.03 Å². The van der Waals surface area contributed by atoms with Gasteiger partial charge in [-0.3, -0.25) is 9.69 Å². The summed E-state index contributed by atoms with van der Waals surface area (Å²) in [6.07, 6.45) is 5.09. The number of amides is 3. The molecular formula is C25H33N5O2S. The van der Waals surface area contributed by atoms with Crippen LogP contribution in [0.5, 0.6) is 0 Å². The minimum Gasteiger partial charge on any atom is -0.351 e. The van der Waals surface area contributed by atoms with Crippen LogP contribution in [-0.4, -0.2) is 60.3 Å². The monoisotopic (exact) mass is 467 g/mol. The number of anilines is 2. The molecule has 1 fully saturated rings. The number of thioether (sulfide) groups is 1. The second-order valence-corrected chi connectivity index (χ2v) is 9.84. The third-order valence-electron chi connectivity index (χ3n) is 6.14. The van der Waals surface area contributed by atoms with Crippen molar-refractivity contribution in [3.8, 4) is 0 Å². The predicted molar refractivity (Wildman–Crippen MR) is 134 cm³/mol.